The van der Waals surface area contributed by atoms with Crippen LogP contribution in [-0.2, 0) is 18.3 Å². The van der Waals surface area contributed by atoms with E-state index in [0.717, 1.165) is 38.4 Å². The van der Waals surface area contributed by atoms with Crippen molar-refractivity contribution >= 4 is 5.91 Å². The second-order valence-corrected chi connectivity index (χ2v) is 7.11. The summed E-state index contributed by atoms with van der Waals surface area (Å²) in [6.07, 6.45) is 4.84. The van der Waals surface area contributed by atoms with Crippen molar-refractivity contribution in [2.75, 3.05) is 26.2 Å². The number of likely N-dealkylation sites (tertiary alicyclic amines) is 1. The lowest BCUT2D eigenvalue weighted by Crippen LogP contribution is -2.43. The fourth-order valence-corrected chi connectivity index (χ4v) is 4.12. The Morgan fingerprint density at radius 2 is 2.28 bits per heavy atom. The van der Waals surface area contributed by atoms with Crippen LogP contribution in [-0.4, -0.2) is 47.7 Å². The van der Waals surface area contributed by atoms with Crippen LogP contribution in [0, 0.1) is 11.8 Å². The Kier molecular flexibility index (Phi) is 4.63. The third-order valence-corrected chi connectivity index (χ3v) is 5.48. The molecule has 0 aliphatic carbocycles. The lowest BCUT2D eigenvalue weighted by atomic mass is 9.84. The molecule has 4 rings (SSSR count). The molecule has 6 heteroatoms. The second-order valence-electron chi connectivity index (χ2n) is 7.11. The van der Waals surface area contributed by atoms with Crippen molar-refractivity contribution in [1.29, 1.82) is 0 Å². The lowest BCUT2D eigenvalue weighted by Gasteiger charge is -2.35. The number of carbonyl (C=O) groups is 1. The monoisotopic (exact) mass is 343 g/mol. The molecule has 0 spiro atoms. The number of ether oxygens (including phenoxy) is 1. The Morgan fingerprint density at radius 1 is 1.36 bits per heavy atom. The van der Waals surface area contributed by atoms with Crippen LogP contribution in [0.2, 0.25) is 0 Å². The number of amides is 1. The van der Waals surface area contributed by atoms with Gasteiger partial charge < -0.3 is 19.0 Å². The van der Waals surface area contributed by atoms with Gasteiger partial charge in [-0.15, -0.1) is 0 Å². The average molecular weight is 343 g/mol. The van der Waals surface area contributed by atoms with Gasteiger partial charge in [-0.05, 0) is 43.1 Å². The van der Waals surface area contributed by atoms with E-state index in [1.165, 1.54) is 0 Å². The van der Waals surface area contributed by atoms with Gasteiger partial charge in [0.05, 0.1) is 25.5 Å². The predicted molar refractivity (Wildman–Crippen MR) is 93.1 cm³/mol. The van der Waals surface area contributed by atoms with Crippen molar-refractivity contribution in [1.82, 2.24) is 14.8 Å². The van der Waals surface area contributed by atoms with Gasteiger partial charge in [-0.25, -0.2) is 0 Å². The maximum absolute atomic E-state index is 12.3. The van der Waals surface area contributed by atoms with E-state index in [1.54, 1.807) is 6.26 Å². The van der Waals surface area contributed by atoms with E-state index < -0.39 is 0 Å². The van der Waals surface area contributed by atoms with E-state index in [-0.39, 0.29) is 12.0 Å². The molecule has 2 aliphatic heterocycles. The Morgan fingerprint density at radius 3 is 3.04 bits per heavy atom. The van der Waals surface area contributed by atoms with Crippen molar-refractivity contribution < 1.29 is 13.9 Å². The van der Waals surface area contributed by atoms with Gasteiger partial charge in [-0.1, -0.05) is 0 Å². The van der Waals surface area contributed by atoms with Gasteiger partial charge in [-0.3, -0.25) is 9.69 Å². The summed E-state index contributed by atoms with van der Waals surface area (Å²) >= 11 is 0. The summed E-state index contributed by atoms with van der Waals surface area (Å²) in [5.74, 6) is 2.06. The number of aromatic nitrogens is 1. The zero-order valence-electron chi connectivity index (χ0n) is 14.6. The van der Waals surface area contributed by atoms with Crippen molar-refractivity contribution in [3.05, 3.63) is 48.2 Å². The normalized spacial score (nSPS) is 26.5. The number of aryl methyl sites for hydroxylation is 1. The number of nitrogens with one attached hydrogen (secondary N) is 1. The van der Waals surface area contributed by atoms with E-state index in [9.17, 15) is 4.79 Å². The van der Waals surface area contributed by atoms with Gasteiger partial charge >= 0.3 is 0 Å². The second kappa shape index (κ2) is 7.06. The summed E-state index contributed by atoms with van der Waals surface area (Å²) in [5.41, 5.74) is 0.683. The molecule has 2 saturated heterocycles. The predicted octanol–water partition coefficient (Wildman–Crippen LogP) is 1.88. The Hall–Kier alpha value is -2.05. The first-order chi connectivity index (χ1) is 12.2. The number of nitrogens with zero attached hydrogens (tertiary/aromatic N) is 2. The minimum Gasteiger partial charge on any atom is -0.468 e. The molecule has 6 nitrogen and oxygen atoms in total. The first-order valence-corrected chi connectivity index (χ1v) is 8.96. The molecule has 0 bridgehead atoms. The maximum atomic E-state index is 12.3. The molecular formula is C19H25N3O3. The van der Waals surface area contributed by atoms with Crippen LogP contribution < -0.4 is 5.32 Å². The highest BCUT2D eigenvalue weighted by Crippen LogP contribution is 2.34. The Labute approximate surface area is 147 Å². The summed E-state index contributed by atoms with van der Waals surface area (Å²) in [6, 6.07) is 7.68. The number of fused-ring (bicyclic) bond motifs is 1. The smallest absolute Gasteiger partial charge is 0.267 e. The summed E-state index contributed by atoms with van der Waals surface area (Å²) in [6.45, 7) is 4.32. The molecule has 0 unspecified atom stereocenters. The Bertz CT molecular complexity index is 709. The van der Waals surface area contributed by atoms with Crippen LogP contribution in [0.15, 0.2) is 41.1 Å². The van der Waals surface area contributed by atoms with Crippen molar-refractivity contribution in [3.8, 4) is 0 Å². The van der Waals surface area contributed by atoms with E-state index in [1.807, 2.05) is 42.1 Å². The van der Waals surface area contributed by atoms with Crippen molar-refractivity contribution in [2.24, 2.45) is 18.9 Å². The zero-order valence-corrected chi connectivity index (χ0v) is 14.6. The first-order valence-electron chi connectivity index (χ1n) is 8.96. The lowest BCUT2D eigenvalue weighted by molar-refractivity contribution is 0.0736. The van der Waals surface area contributed by atoms with E-state index in [4.69, 9.17) is 9.15 Å². The maximum Gasteiger partial charge on any atom is 0.267 e. The van der Waals surface area contributed by atoms with Gasteiger partial charge in [0, 0.05) is 32.3 Å². The molecule has 2 fully saturated rings. The average Bonchev–Trinajstić information content (AvgIpc) is 3.34. The molecule has 0 saturated carbocycles. The van der Waals surface area contributed by atoms with Crippen molar-refractivity contribution in [3.63, 3.8) is 0 Å². The minimum atomic E-state index is -0.0326. The molecule has 0 radical (unpaired) electrons. The molecule has 3 atom stereocenters. The number of carbonyl (C=O) groups excluding carboxylic acids is 1. The van der Waals surface area contributed by atoms with Crippen LogP contribution in [0.25, 0.3) is 0 Å². The highest BCUT2D eigenvalue weighted by atomic mass is 16.5. The van der Waals surface area contributed by atoms with Gasteiger partial charge in [0.25, 0.3) is 5.91 Å². The quantitative estimate of drug-likeness (QED) is 0.901. The number of piperidine rings is 1. The highest BCUT2D eigenvalue weighted by Gasteiger charge is 2.40. The summed E-state index contributed by atoms with van der Waals surface area (Å²) in [5, 5.41) is 3.04. The van der Waals surface area contributed by atoms with Crippen molar-refractivity contribution in [2.45, 2.75) is 19.1 Å². The standard InChI is InChI=1S/C19H25N3O3/c1-21-7-2-5-17(21)19(23)20-10-18-16-6-8-22(11-14(16)13-25-18)12-15-4-3-9-24-15/h2-5,7,9,14,16,18H,6,8,10-13H2,1H3,(H,20,23)/t14-,16-,18+/m1/s1. The SMILES string of the molecule is Cn1cccc1C(=O)NC[C@@H]1OC[C@H]2CN(Cc3ccco3)CC[C@H]21. The molecule has 1 N–H and O–H groups in total. The molecule has 4 heterocycles. The molecule has 2 aromatic rings. The number of hydrogen-bond acceptors (Lipinski definition) is 4. The highest BCUT2D eigenvalue weighted by molar-refractivity contribution is 5.92. The fourth-order valence-electron chi connectivity index (χ4n) is 4.12. The van der Waals surface area contributed by atoms with Gasteiger partial charge in [-0.2, -0.15) is 0 Å². The van der Waals surface area contributed by atoms with E-state index in [0.29, 0.717) is 24.1 Å². The third kappa shape index (κ3) is 3.50. The van der Waals surface area contributed by atoms with E-state index in [2.05, 4.69) is 10.2 Å². The molecule has 0 aromatic carbocycles. The first kappa shape index (κ1) is 16.4. The van der Waals surface area contributed by atoms with E-state index >= 15 is 0 Å². The third-order valence-electron chi connectivity index (χ3n) is 5.48. The zero-order chi connectivity index (χ0) is 17.2. The summed E-state index contributed by atoms with van der Waals surface area (Å²) < 4.78 is 13.3. The van der Waals surface area contributed by atoms with Crippen LogP contribution in [0.4, 0.5) is 0 Å². The Balaban J connectivity index is 1.28. The fraction of sp³-hybridized carbons (Fsp3) is 0.526. The molecule has 1 amide bonds. The molecule has 25 heavy (non-hydrogen) atoms. The molecule has 2 aromatic heterocycles. The summed E-state index contributed by atoms with van der Waals surface area (Å²) in [4.78, 5) is 14.7. The largest absolute Gasteiger partial charge is 0.468 e. The molecular weight excluding hydrogens is 318 g/mol. The van der Waals surface area contributed by atoms with Crippen LogP contribution in [0.5, 0.6) is 0 Å². The minimum absolute atomic E-state index is 0.0326. The number of furan rings is 1. The number of rotatable bonds is 5. The van der Waals surface area contributed by atoms with Crippen LogP contribution in [0.3, 0.4) is 0 Å². The molecule has 134 valence electrons. The van der Waals surface area contributed by atoms with Gasteiger partial charge in [0.1, 0.15) is 11.5 Å². The topological polar surface area (TPSA) is 59.6 Å². The van der Waals surface area contributed by atoms with Crippen LogP contribution in [0.1, 0.15) is 22.7 Å². The van der Waals surface area contributed by atoms with Gasteiger partial charge in [0.2, 0.25) is 0 Å². The number of hydrogen-bond donors (Lipinski definition) is 1. The molecule has 2 aliphatic rings. The van der Waals surface area contributed by atoms with Gasteiger partial charge in [0.15, 0.2) is 0 Å². The summed E-state index contributed by atoms with van der Waals surface area (Å²) in [7, 11) is 1.88. The van der Waals surface area contributed by atoms with Crippen LogP contribution >= 0.6 is 0 Å².